The highest BCUT2D eigenvalue weighted by molar-refractivity contribution is 7.89. The van der Waals surface area contributed by atoms with Gasteiger partial charge in [0.2, 0.25) is 15.9 Å². The Morgan fingerprint density at radius 3 is 2.22 bits per heavy atom. The Kier molecular flexibility index (Phi) is 9.29. The lowest BCUT2D eigenvalue weighted by atomic mass is 10.1. The molecule has 9 heteroatoms. The van der Waals surface area contributed by atoms with Gasteiger partial charge in [-0.05, 0) is 63.1 Å². The fourth-order valence-corrected chi connectivity index (χ4v) is 5.31. The molecule has 0 saturated heterocycles. The summed E-state index contributed by atoms with van der Waals surface area (Å²) in [6.45, 7) is 7.72. The van der Waals surface area contributed by atoms with Gasteiger partial charge in [0.15, 0.2) is 0 Å². The van der Waals surface area contributed by atoms with Crippen molar-refractivity contribution >= 4 is 32.8 Å². The molecule has 3 aromatic rings. The number of carbonyl (C=O) groups excluding carboxylic acids is 2. The predicted molar refractivity (Wildman–Crippen MR) is 145 cm³/mol. The molecule has 0 heterocycles. The van der Waals surface area contributed by atoms with Crippen LogP contribution in [0.3, 0.4) is 0 Å². The second-order valence-corrected chi connectivity index (χ2v) is 11.6. The zero-order chi connectivity index (χ0) is 27.1. The van der Waals surface area contributed by atoms with Crippen molar-refractivity contribution in [2.24, 2.45) is 0 Å². The molecule has 0 unspecified atom stereocenters. The first-order valence-corrected chi connectivity index (χ1v) is 13.7. The third-order valence-electron chi connectivity index (χ3n) is 5.65. The van der Waals surface area contributed by atoms with E-state index < -0.39 is 33.7 Å². The van der Waals surface area contributed by atoms with E-state index in [0.717, 1.165) is 16.5 Å². The van der Waals surface area contributed by atoms with Crippen LogP contribution in [0.5, 0.6) is 0 Å². The van der Waals surface area contributed by atoms with E-state index in [4.69, 9.17) is 4.74 Å². The molecule has 3 N–H and O–H groups in total. The summed E-state index contributed by atoms with van der Waals surface area (Å²) < 4.78 is 34.8. The number of aryl methyl sites for hydroxylation is 1. The first-order valence-electron chi connectivity index (χ1n) is 12.3. The lowest BCUT2D eigenvalue weighted by Crippen LogP contribution is -2.46. The predicted octanol–water partition coefficient (Wildman–Crippen LogP) is 4.42. The molecule has 0 aromatic heterocycles. The van der Waals surface area contributed by atoms with Crippen LogP contribution in [0.25, 0.3) is 10.8 Å². The fourth-order valence-electron chi connectivity index (χ4n) is 3.87. The Hall–Kier alpha value is -3.43. The second kappa shape index (κ2) is 12.2. The quantitative estimate of drug-likeness (QED) is 0.339. The average Bonchev–Trinajstić information content (AvgIpc) is 2.84. The summed E-state index contributed by atoms with van der Waals surface area (Å²) >= 11 is 0. The van der Waals surface area contributed by atoms with Gasteiger partial charge in [-0.1, -0.05) is 60.7 Å². The highest BCUT2D eigenvalue weighted by Gasteiger charge is 2.27. The van der Waals surface area contributed by atoms with Gasteiger partial charge in [0.05, 0.1) is 4.90 Å². The Balaban J connectivity index is 1.75. The number of ether oxygens (including phenoxy) is 1. The topological polar surface area (TPSA) is 114 Å². The number of rotatable bonds is 10. The monoisotopic (exact) mass is 525 g/mol. The molecule has 0 saturated carbocycles. The van der Waals surface area contributed by atoms with E-state index in [0.29, 0.717) is 11.8 Å². The summed E-state index contributed by atoms with van der Waals surface area (Å²) in [7, 11) is -4.03. The molecule has 0 aliphatic carbocycles. The summed E-state index contributed by atoms with van der Waals surface area (Å²) in [4.78, 5) is 25.2. The van der Waals surface area contributed by atoms with Gasteiger partial charge in [0, 0.05) is 18.5 Å². The zero-order valence-corrected chi connectivity index (χ0v) is 22.5. The van der Waals surface area contributed by atoms with Crippen molar-refractivity contribution in [3.8, 4) is 0 Å². The molecular formula is C28H35N3O5S. The van der Waals surface area contributed by atoms with Gasteiger partial charge >= 0.3 is 6.09 Å². The Bertz CT molecular complexity index is 1330. The first-order chi connectivity index (χ1) is 17.5. The van der Waals surface area contributed by atoms with Gasteiger partial charge in [-0.2, -0.15) is 4.72 Å². The van der Waals surface area contributed by atoms with Crippen LogP contribution in [-0.2, 0) is 26.1 Å². The largest absolute Gasteiger partial charge is 0.444 e. The summed E-state index contributed by atoms with van der Waals surface area (Å²) in [5, 5.41) is 6.89. The maximum atomic E-state index is 13.5. The van der Waals surface area contributed by atoms with Crippen LogP contribution >= 0.6 is 0 Å². The minimum absolute atomic E-state index is 0.112. The molecule has 3 rings (SSSR count). The van der Waals surface area contributed by atoms with E-state index in [-0.39, 0.29) is 24.4 Å². The van der Waals surface area contributed by atoms with Crippen molar-refractivity contribution in [1.29, 1.82) is 0 Å². The molecule has 198 valence electrons. The first kappa shape index (κ1) is 28.1. The number of fused-ring (bicyclic) bond motifs is 1. The molecule has 0 radical (unpaired) electrons. The number of benzene rings is 3. The van der Waals surface area contributed by atoms with E-state index in [9.17, 15) is 18.0 Å². The summed E-state index contributed by atoms with van der Waals surface area (Å²) in [5.41, 5.74) is 1.23. The maximum Gasteiger partial charge on any atom is 0.407 e. The van der Waals surface area contributed by atoms with Crippen LogP contribution in [0, 0.1) is 6.92 Å². The molecule has 0 aliphatic rings. The van der Waals surface area contributed by atoms with Crippen molar-refractivity contribution < 1.29 is 22.7 Å². The van der Waals surface area contributed by atoms with Crippen LogP contribution < -0.4 is 15.4 Å². The Labute approximate surface area is 218 Å². The highest BCUT2D eigenvalue weighted by atomic mass is 32.2. The minimum atomic E-state index is -4.03. The van der Waals surface area contributed by atoms with Crippen LogP contribution in [0.2, 0.25) is 0 Å². The van der Waals surface area contributed by atoms with E-state index in [2.05, 4.69) is 15.4 Å². The van der Waals surface area contributed by atoms with Crippen molar-refractivity contribution in [1.82, 2.24) is 15.4 Å². The summed E-state index contributed by atoms with van der Waals surface area (Å²) in [6, 6.07) is 18.9. The zero-order valence-electron chi connectivity index (χ0n) is 21.7. The molecule has 3 aromatic carbocycles. The van der Waals surface area contributed by atoms with Gasteiger partial charge in [0.1, 0.15) is 11.6 Å². The Morgan fingerprint density at radius 2 is 1.54 bits per heavy atom. The van der Waals surface area contributed by atoms with E-state index in [1.165, 1.54) is 0 Å². The number of amides is 2. The number of carbonyl (C=O) groups is 2. The van der Waals surface area contributed by atoms with Crippen LogP contribution in [0.1, 0.15) is 44.7 Å². The van der Waals surface area contributed by atoms with E-state index >= 15 is 0 Å². The van der Waals surface area contributed by atoms with Crippen LogP contribution in [-0.4, -0.2) is 38.6 Å². The summed E-state index contributed by atoms with van der Waals surface area (Å²) in [5.74, 6) is -0.443. The molecular weight excluding hydrogens is 490 g/mol. The Morgan fingerprint density at radius 1 is 0.892 bits per heavy atom. The standard InChI is InChI=1S/C28H35N3O5S/c1-20-16-17-25(23-14-9-8-13-22(20)23)37(34,35)31-24(15-10-18-29-27(33)36-28(2,3)4)26(32)30-19-21-11-6-5-7-12-21/h5-9,11-14,16-17,24,31H,10,15,18-19H2,1-4H3,(H,29,33)(H,30,32)/t24-/m0/s1. The van der Waals surface area contributed by atoms with Crippen molar-refractivity contribution in [3.63, 3.8) is 0 Å². The molecule has 8 nitrogen and oxygen atoms in total. The second-order valence-electron chi connectivity index (χ2n) is 9.87. The number of alkyl carbamates (subject to hydrolysis) is 1. The van der Waals surface area contributed by atoms with Crippen molar-refractivity contribution in [2.45, 2.75) is 63.6 Å². The van der Waals surface area contributed by atoms with Crippen LogP contribution in [0.15, 0.2) is 71.6 Å². The van der Waals surface area contributed by atoms with Crippen molar-refractivity contribution in [3.05, 3.63) is 77.9 Å². The number of hydrogen-bond acceptors (Lipinski definition) is 5. The van der Waals surface area contributed by atoms with Gasteiger partial charge in [-0.3, -0.25) is 4.79 Å². The smallest absolute Gasteiger partial charge is 0.407 e. The highest BCUT2D eigenvalue weighted by Crippen LogP contribution is 2.26. The van der Waals surface area contributed by atoms with Gasteiger partial charge < -0.3 is 15.4 Å². The van der Waals surface area contributed by atoms with Gasteiger partial charge in [-0.25, -0.2) is 13.2 Å². The van der Waals surface area contributed by atoms with Gasteiger partial charge in [0.25, 0.3) is 0 Å². The number of nitrogens with one attached hydrogen (secondary N) is 3. The maximum absolute atomic E-state index is 13.5. The normalized spacial score (nSPS) is 12.6. The van der Waals surface area contributed by atoms with E-state index in [1.54, 1.807) is 45.0 Å². The van der Waals surface area contributed by atoms with Crippen molar-refractivity contribution in [2.75, 3.05) is 6.54 Å². The van der Waals surface area contributed by atoms with E-state index in [1.807, 2.05) is 49.4 Å². The third kappa shape index (κ3) is 8.30. The third-order valence-corrected chi connectivity index (χ3v) is 7.18. The van der Waals surface area contributed by atoms with Crippen LogP contribution in [0.4, 0.5) is 4.79 Å². The molecule has 37 heavy (non-hydrogen) atoms. The average molecular weight is 526 g/mol. The molecule has 0 fully saturated rings. The van der Waals surface area contributed by atoms with Gasteiger partial charge in [-0.15, -0.1) is 0 Å². The molecule has 0 spiro atoms. The molecule has 0 aliphatic heterocycles. The molecule has 0 bridgehead atoms. The number of hydrogen-bond donors (Lipinski definition) is 3. The minimum Gasteiger partial charge on any atom is -0.444 e. The summed E-state index contributed by atoms with van der Waals surface area (Å²) in [6.07, 6.45) is -0.0245. The molecule has 1 atom stereocenters. The lowest BCUT2D eigenvalue weighted by molar-refractivity contribution is -0.123. The lowest BCUT2D eigenvalue weighted by Gasteiger charge is -2.21. The fraction of sp³-hybridized carbons (Fsp3) is 0.357. The molecule has 2 amide bonds. The SMILES string of the molecule is Cc1ccc(S(=O)(=O)N[C@@H](CCCNC(=O)OC(C)(C)C)C(=O)NCc2ccccc2)c2ccccc12. The number of sulfonamides is 1.